The molecule has 2 nitrogen and oxygen atoms in total. The number of hydrogen-bond donors (Lipinski definition) is 0. The van der Waals surface area contributed by atoms with Gasteiger partial charge in [0, 0.05) is 16.8 Å². The molecule has 1 aliphatic heterocycles. The lowest BCUT2D eigenvalue weighted by Crippen LogP contribution is -2.24. The predicted molar refractivity (Wildman–Crippen MR) is 59.7 cm³/mol. The normalized spacial score (nSPS) is 22.7. The number of allylic oxidation sites excluding steroid dienone is 3. The first-order valence-corrected chi connectivity index (χ1v) is 4.83. The molecular weight excluding hydrogens is 186 g/mol. The third-order valence-electron chi connectivity index (χ3n) is 2.43. The fourth-order valence-corrected chi connectivity index (χ4v) is 1.71. The van der Waals surface area contributed by atoms with Crippen LogP contribution in [0.15, 0.2) is 58.3 Å². The molecule has 0 amide bonds. The van der Waals surface area contributed by atoms with E-state index in [0.29, 0.717) is 0 Å². The Hall–Kier alpha value is -2.09. The lowest BCUT2D eigenvalue weighted by Gasteiger charge is -1.92. The van der Waals surface area contributed by atoms with E-state index in [-0.39, 0.29) is 0 Å². The first-order chi connectivity index (χ1) is 7.45. The third-order valence-corrected chi connectivity index (χ3v) is 2.43. The van der Waals surface area contributed by atoms with Gasteiger partial charge in [-0.3, -0.25) is 4.99 Å². The summed E-state index contributed by atoms with van der Waals surface area (Å²) in [6, 6.07) is 5.94. The lowest BCUT2D eigenvalue weighted by atomic mass is 10.2. The Morgan fingerprint density at radius 2 is 2.00 bits per heavy atom. The van der Waals surface area contributed by atoms with E-state index < -0.39 is 0 Å². The summed E-state index contributed by atoms with van der Waals surface area (Å²) in [5.74, 6) is 0. The summed E-state index contributed by atoms with van der Waals surface area (Å²) in [6.07, 6.45) is 11.4. The monoisotopic (exact) mass is 195 g/mol. The van der Waals surface area contributed by atoms with Gasteiger partial charge in [-0.2, -0.15) is 0 Å². The Morgan fingerprint density at radius 1 is 1.00 bits per heavy atom. The highest BCUT2D eigenvalue weighted by Crippen LogP contribution is 2.08. The number of benzene rings is 1. The van der Waals surface area contributed by atoms with Gasteiger partial charge in [0.25, 0.3) is 0 Å². The van der Waals surface area contributed by atoms with Gasteiger partial charge in [0.05, 0.1) is 11.6 Å². The van der Waals surface area contributed by atoms with E-state index in [1.807, 2.05) is 36.4 Å². The second-order valence-electron chi connectivity index (χ2n) is 3.36. The molecular formula is C13H9NO. The Morgan fingerprint density at radius 3 is 3.00 bits per heavy atom. The minimum Gasteiger partial charge on any atom is -0.464 e. The van der Waals surface area contributed by atoms with Gasteiger partial charge in [0.1, 0.15) is 5.58 Å². The van der Waals surface area contributed by atoms with Gasteiger partial charge in [0.15, 0.2) is 0 Å². The maximum absolute atomic E-state index is 5.34. The molecule has 3 rings (SSSR count). The highest BCUT2D eigenvalue weighted by atomic mass is 16.3. The van der Waals surface area contributed by atoms with Gasteiger partial charge in [-0.25, -0.2) is 0 Å². The molecule has 72 valence electrons. The molecule has 15 heavy (non-hydrogen) atoms. The number of hydrogen-bond acceptors (Lipinski definition) is 2. The van der Waals surface area contributed by atoms with Gasteiger partial charge < -0.3 is 4.42 Å². The number of furan rings is 1. The van der Waals surface area contributed by atoms with Crippen LogP contribution in [-0.4, -0.2) is 0 Å². The van der Waals surface area contributed by atoms with Crippen molar-refractivity contribution >= 4 is 17.0 Å². The summed E-state index contributed by atoms with van der Waals surface area (Å²) in [5.41, 5.74) is 0.879. The predicted octanol–water partition coefficient (Wildman–Crippen LogP) is 1.92. The fourth-order valence-electron chi connectivity index (χ4n) is 1.71. The van der Waals surface area contributed by atoms with Crippen LogP contribution in [-0.2, 0) is 0 Å². The van der Waals surface area contributed by atoms with E-state index >= 15 is 0 Å². The topological polar surface area (TPSA) is 25.5 Å². The average Bonchev–Trinajstić information content (AvgIpc) is 2.65. The fraction of sp³-hybridized carbons (Fsp3) is 0. The Balaban J connectivity index is 2.57. The Bertz CT molecular complexity index is 674. The van der Waals surface area contributed by atoms with Gasteiger partial charge in [-0.05, 0) is 24.3 Å². The van der Waals surface area contributed by atoms with Crippen LogP contribution in [0, 0.1) is 0 Å². The summed E-state index contributed by atoms with van der Waals surface area (Å²) >= 11 is 0. The standard InChI is InChI=1S/C13H9NO/c1-2-4-10-5-6-12-11(7-9-15-12)13(10)14-8-3-1/h1-9H/b2-1-,3-1?,4-2?,8-3-,10-4-,14-8?,14-13+. The summed E-state index contributed by atoms with van der Waals surface area (Å²) in [5, 5.41) is 3.15. The van der Waals surface area contributed by atoms with Gasteiger partial charge in [-0.1, -0.05) is 18.2 Å². The second kappa shape index (κ2) is 3.24. The molecule has 1 aromatic carbocycles. The van der Waals surface area contributed by atoms with Crippen LogP contribution in [0.2, 0.25) is 0 Å². The van der Waals surface area contributed by atoms with Crippen LogP contribution in [0.5, 0.6) is 0 Å². The van der Waals surface area contributed by atoms with E-state index in [1.165, 1.54) is 0 Å². The van der Waals surface area contributed by atoms with Crippen molar-refractivity contribution in [3.8, 4) is 0 Å². The van der Waals surface area contributed by atoms with Crippen molar-refractivity contribution in [2.24, 2.45) is 4.99 Å². The molecule has 0 radical (unpaired) electrons. The number of nitrogens with zero attached hydrogens (tertiary/aromatic N) is 1. The maximum Gasteiger partial charge on any atom is 0.136 e. The third kappa shape index (κ3) is 1.31. The molecule has 0 unspecified atom stereocenters. The molecule has 0 fully saturated rings. The van der Waals surface area contributed by atoms with Crippen molar-refractivity contribution in [2.75, 3.05) is 0 Å². The molecule has 0 spiro atoms. The molecule has 0 saturated heterocycles. The smallest absolute Gasteiger partial charge is 0.136 e. The zero-order valence-electron chi connectivity index (χ0n) is 8.05. The Kier molecular flexibility index (Phi) is 1.78. The highest BCUT2D eigenvalue weighted by molar-refractivity contribution is 5.77. The van der Waals surface area contributed by atoms with E-state index in [2.05, 4.69) is 11.1 Å². The zero-order valence-corrected chi connectivity index (χ0v) is 8.05. The van der Waals surface area contributed by atoms with Crippen LogP contribution in [0.25, 0.3) is 17.0 Å². The highest BCUT2D eigenvalue weighted by Gasteiger charge is 1.99. The molecule has 0 aliphatic carbocycles. The molecule has 0 N–H and O–H groups in total. The first kappa shape index (κ1) is 8.24. The van der Waals surface area contributed by atoms with Crippen LogP contribution >= 0.6 is 0 Å². The molecule has 1 aromatic heterocycles. The molecule has 2 heteroatoms. The SMILES string of the molecule is C1=C\C=c2\ccc3occc3\c2=N\C=C/1. The minimum atomic E-state index is 0.879. The summed E-state index contributed by atoms with van der Waals surface area (Å²) < 4.78 is 5.34. The van der Waals surface area contributed by atoms with E-state index in [0.717, 1.165) is 21.5 Å². The lowest BCUT2D eigenvalue weighted by molar-refractivity contribution is 0.615. The summed E-state index contributed by atoms with van der Waals surface area (Å²) in [7, 11) is 0. The van der Waals surface area contributed by atoms with E-state index in [9.17, 15) is 0 Å². The molecule has 2 heterocycles. The van der Waals surface area contributed by atoms with Crippen LogP contribution in [0.4, 0.5) is 0 Å². The van der Waals surface area contributed by atoms with Gasteiger partial charge >= 0.3 is 0 Å². The molecule has 0 atom stereocenters. The number of fused-ring (bicyclic) bond motifs is 3. The first-order valence-electron chi connectivity index (χ1n) is 4.83. The zero-order chi connectivity index (χ0) is 10.1. The van der Waals surface area contributed by atoms with Gasteiger partial charge in [0.2, 0.25) is 0 Å². The average molecular weight is 195 g/mol. The molecule has 0 bridgehead atoms. The largest absolute Gasteiger partial charge is 0.464 e. The van der Waals surface area contributed by atoms with Crippen molar-refractivity contribution in [1.29, 1.82) is 0 Å². The Labute approximate surface area is 86.6 Å². The van der Waals surface area contributed by atoms with Crippen molar-refractivity contribution in [3.63, 3.8) is 0 Å². The number of rotatable bonds is 0. The van der Waals surface area contributed by atoms with Crippen molar-refractivity contribution < 1.29 is 4.42 Å². The molecule has 0 saturated carbocycles. The van der Waals surface area contributed by atoms with E-state index in [1.54, 1.807) is 12.5 Å². The van der Waals surface area contributed by atoms with Gasteiger partial charge in [-0.15, -0.1) is 0 Å². The van der Waals surface area contributed by atoms with Crippen molar-refractivity contribution in [1.82, 2.24) is 0 Å². The van der Waals surface area contributed by atoms with Crippen molar-refractivity contribution in [3.05, 3.63) is 59.5 Å². The van der Waals surface area contributed by atoms with Crippen LogP contribution in [0.1, 0.15) is 0 Å². The summed E-state index contributed by atoms with van der Waals surface area (Å²) in [4.78, 5) is 4.42. The minimum absolute atomic E-state index is 0.879. The van der Waals surface area contributed by atoms with E-state index in [4.69, 9.17) is 4.42 Å². The molecule has 2 aromatic rings. The molecule has 1 aliphatic rings. The second-order valence-corrected chi connectivity index (χ2v) is 3.36. The quantitative estimate of drug-likeness (QED) is 0.630. The van der Waals surface area contributed by atoms with Crippen LogP contribution in [0.3, 0.4) is 0 Å². The maximum atomic E-state index is 5.34. The van der Waals surface area contributed by atoms with Crippen LogP contribution < -0.4 is 10.6 Å². The summed E-state index contributed by atoms with van der Waals surface area (Å²) in [6.45, 7) is 0. The van der Waals surface area contributed by atoms with Crippen molar-refractivity contribution in [2.45, 2.75) is 0 Å².